The summed E-state index contributed by atoms with van der Waals surface area (Å²) in [6.45, 7) is 16.2. The lowest BCUT2D eigenvalue weighted by atomic mass is 10.1. The molecule has 0 unspecified atom stereocenters. The van der Waals surface area contributed by atoms with Gasteiger partial charge in [0.05, 0.1) is 41.1 Å². The number of methoxy groups -OCH3 is 2. The van der Waals surface area contributed by atoms with E-state index in [1.54, 1.807) is 25.6 Å². The number of imidazole rings is 1. The summed E-state index contributed by atoms with van der Waals surface area (Å²) in [7, 11) is 6.98. The van der Waals surface area contributed by atoms with Gasteiger partial charge in [0, 0.05) is 69.6 Å². The zero-order chi connectivity index (χ0) is 41.4. The Morgan fingerprint density at radius 1 is 0.947 bits per heavy atom. The van der Waals surface area contributed by atoms with Crippen LogP contribution in [0.1, 0.15) is 60.2 Å². The van der Waals surface area contributed by atoms with Crippen LogP contribution in [0.4, 0.5) is 23.0 Å². The van der Waals surface area contributed by atoms with E-state index < -0.39 is 8.32 Å². The van der Waals surface area contributed by atoms with Gasteiger partial charge in [-0.25, -0.2) is 15.0 Å². The van der Waals surface area contributed by atoms with Gasteiger partial charge >= 0.3 is 0 Å². The van der Waals surface area contributed by atoms with Crippen molar-refractivity contribution in [2.24, 2.45) is 0 Å². The van der Waals surface area contributed by atoms with Crippen molar-refractivity contribution < 1.29 is 23.2 Å². The molecule has 0 fully saturated rings. The van der Waals surface area contributed by atoms with Gasteiger partial charge in [0.1, 0.15) is 29.6 Å². The first-order valence-corrected chi connectivity index (χ1v) is 21.9. The molecular weight excluding hydrogens is 741 g/mol. The molecule has 0 bridgehead atoms. The monoisotopic (exact) mass is 800 g/mol. The lowest BCUT2D eigenvalue weighted by Crippen LogP contribution is -2.47. The van der Waals surface area contributed by atoms with E-state index >= 15 is 0 Å². The van der Waals surface area contributed by atoms with Crippen molar-refractivity contribution in [2.75, 3.05) is 65.3 Å². The summed E-state index contributed by atoms with van der Waals surface area (Å²) >= 11 is 0. The highest BCUT2D eigenvalue weighted by atomic mass is 28.4. The minimum absolute atomic E-state index is 0.0646. The summed E-state index contributed by atoms with van der Waals surface area (Å²) in [5.41, 5.74) is 6.01. The Morgan fingerprint density at radius 2 is 1.68 bits per heavy atom. The lowest BCUT2D eigenvalue weighted by Gasteiger charge is -2.42. The maximum absolute atomic E-state index is 12.3. The number of ether oxygens (including phenoxy) is 2. The fourth-order valence-corrected chi connectivity index (χ4v) is 13.6. The number of fused-ring (bicyclic) bond motifs is 1. The van der Waals surface area contributed by atoms with Crippen molar-refractivity contribution in [1.82, 2.24) is 24.4 Å². The van der Waals surface area contributed by atoms with Gasteiger partial charge in [0.2, 0.25) is 5.95 Å². The third kappa shape index (κ3) is 9.66. The molecule has 0 spiro atoms. The largest absolute Gasteiger partial charge is 0.494 e. The summed E-state index contributed by atoms with van der Waals surface area (Å²) in [5.74, 6) is 1.51. The Balaban J connectivity index is 1.51. The third-order valence-electron chi connectivity index (χ3n) is 10.8. The molecule has 14 nitrogen and oxygen atoms in total. The van der Waals surface area contributed by atoms with Crippen LogP contribution in [-0.2, 0) is 22.3 Å². The highest BCUT2D eigenvalue weighted by Crippen LogP contribution is 2.43. The van der Waals surface area contributed by atoms with E-state index in [0.717, 1.165) is 59.7 Å². The molecule has 3 heterocycles. The molecule has 0 aliphatic rings. The Bertz CT molecular complexity index is 2090. The van der Waals surface area contributed by atoms with Crippen LogP contribution in [0.15, 0.2) is 59.3 Å². The summed E-state index contributed by atoms with van der Waals surface area (Å²) in [5, 5.41) is 16.5. The van der Waals surface area contributed by atoms with Crippen molar-refractivity contribution in [3.63, 3.8) is 0 Å². The average molecular weight is 801 g/mol. The maximum atomic E-state index is 12.3. The minimum atomic E-state index is -1.97. The number of hydrogen-bond donors (Lipinski definition) is 1. The molecule has 0 radical (unpaired) electrons. The molecule has 0 amide bonds. The summed E-state index contributed by atoms with van der Waals surface area (Å²) in [6, 6.07) is 12.9. The number of rotatable bonds is 21. The van der Waals surface area contributed by atoms with Crippen LogP contribution < -0.4 is 15.0 Å². The molecule has 0 saturated carbocycles. The summed E-state index contributed by atoms with van der Waals surface area (Å²) in [6.07, 6.45) is 5.82. The number of nitrogens with one attached hydrogen (secondary N) is 1. The van der Waals surface area contributed by atoms with Crippen LogP contribution in [0, 0.1) is 10.1 Å². The predicted molar refractivity (Wildman–Crippen MR) is 230 cm³/mol. The first-order valence-electron chi connectivity index (χ1n) is 19.7. The molecule has 0 atom stereocenters. The Labute approximate surface area is 337 Å². The minimum Gasteiger partial charge on any atom is -0.494 e. The number of nitro groups is 1. The third-order valence-corrected chi connectivity index (χ3v) is 16.9. The molecule has 1 N–H and O–H groups in total. The Kier molecular flexibility index (Phi) is 14.5. The van der Waals surface area contributed by atoms with Crippen molar-refractivity contribution >= 4 is 42.3 Å². The quantitative estimate of drug-likeness (QED) is 0.0326. The van der Waals surface area contributed by atoms with E-state index in [-0.39, 0.29) is 23.3 Å². The van der Waals surface area contributed by atoms with Gasteiger partial charge in [0.25, 0.3) is 5.69 Å². The van der Waals surface area contributed by atoms with Crippen LogP contribution >= 0.6 is 0 Å². The number of unbranched alkanes of at least 4 members (excludes halogenated alkanes) is 1. The highest BCUT2D eigenvalue weighted by molar-refractivity contribution is 6.77. The van der Waals surface area contributed by atoms with Crippen LogP contribution in [0.5, 0.6) is 5.75 Å². The van der Waals surface area contributed by atoms with Gasteiger partial charge in [-0.2, -0.15) is 0 Å². The molecule has 5 aromatic rings. The molecule has 0 saturated heterocycles. The van der Waals surface area contributed by atoms with Crippen molar-refractivity contribution in [3.05, 3.63) is 70.9 Å². The fraction of sp³-hybridized carbons (Fsp3) is 0.500. The summed E-state index contributed by atoms with van der Waals surface area (Å²) < 4.78 is 26.2. The zero-order valence-electron chi connectivity index (χ0n) is 35.5. The number of nitrogens with zero attached hydrogens (tertiary/aromatic N) is 7. The standard InChI is InChI=1S/C42H60N8O6Si/c1-28(2)57(29(3)4,30(5)6)56-22-13-12-14-39-46-40(32-16-15-31-18-23-55-37(31)24-32)41(49(39)27-53-10)33-17-19-43-42(44-33)45-34-25-36(50(51)52)35(26-38(34)54-11)48(9)21-20-47(7)8/h15-19,23-26,28-30H,12-14,20-22,27H2,1-11H3,(H,43,44,45). The zero-order valence-corrected chi connectivity index (χ0v) is 36.5. The number of likely N-dealkylation sites (N-methyl/N-ethyl adjacent to an activating group) is 2. The van der Waals surface area contributed by atoms with Gasteiger partial charge < -0.3 is 38.0 Å². The second-order valence-electron chi connectivity index (χ2n) is 15.8. The van der Waals surface area contributed by atoms with Crippen LogP contribution in [0.3, 0.4) is 0 Å². The number of nitro benzene ring substituents is 1. The van der Waals surface area contributed by atoms with Crippen molar-refractivity contribution in [1.29, 1.82) is 0 Å². The number of hydrogen-bond acceptors (Lipinski definition) is 12. The normalized spacial score (nSPS) is 12.1. The van der Waals surface area contributed by atoms with Gasteiger partial charge in [0.15, 0.2) is 8.32 Å². The Morgan fingerprint density at radius 3 is 2.33 bits per heavy atom. The molecule has 0 aliphatic heterocycles. The second kappa shape index (κ2) is 19.1. The van der Waals surface area contributed by atoms with Crippen molar-refractivity contribution in [2.45, 2.75) is 84.2 Å². The fourth-order valence-electron chi connectivity index (χ4n) is 8.07. The molecule has 2 aromatic carbocycles. The molecule has 15 heteroatoms. The van der Waals surface area contributed by atoms with Crippen LogP contribution in [0.2, 0.25) is 16.6 Å². The first-order chi connectivity index (χ1) is 27.2. The topological polar surface area (TPSA) is 146 Å². The highest BCUT2D eigenvalue weighted by Gasteiger charge is 2.44. The van der Waals surface area contributed by atoms with Gasteiger partial charge in [-0.05, 0) is 61.8 Å². The van der Waals surface area contributed by atoms with E-state index in [1.165, 1.54) is 13.2 Å². The molecule has 5 rings (SSSR count). The van der Waals surface area contributed by atoms with E-state index in [0.29, 0.717) is 52.4 Å². The number of furan rings is 1. The summed E-state index contributed by atoms with van der Waals surface area (Å²) in [4.78, 5) is 30.5. The van der Waals surface area contributed by atoms with Gasteiger partial charge in [-0.15, -0.1) is 0 Å². The first kappa shape index (κ1) is 43.3. The van der Waals surface area contributed by atoms with E-state index in [1.807, 2.05) is 61.3 Å². The number of benzene rings is 2. The number of anilines is 3. The SMILES string of the molecule is COCn1c(CCCCO[Si](C(C)C)(C(C)C)C(C)C)nc(-c2ccc3ccoc3c2)c1-c1ccnc(Nc2cc([N+](=O)[O-])c(N(C)CCN(C)C)cc2OC)n1. The maximum Gasteiger partial charge on any atom is 0.294 e. The van der Waals surface area contributed by atoms with Crippen LogP contribution in [-0.4, -0.2) is 92.7 Å². The van der Waals surface area contributed by atoms with Crippen LogP contribution in [0.25, 0.3) is 33.6 Å². The average Bonchev–Trinajstić information content (AvgIpc) is 3.79. The Hall–Kier alpha value is -4.83. The van der Waals surface area contributed by atoms with E-state index in [9.17, 15) is 10.1 Å². The molecule has 57 heavy (non-hydrogen) atoms. The molecular formula is C42H60N8O6Si. The lowest BCUT2D eigenvalue weighted by molar-refractivity contribution is -0.384. The number of aryl methyl sites for hydroxylation is 1. The van der Waals surface area contributed by atoms with Gasteiger partial charge in [-0.1, -0.05) is 53.7 Å². The van der Waals surface area contributed by atoms with Gasteiger partial charge in [-0.3, -0.25) is 10.1 Å². The molecule has 3 aromatic heterocycles. The molecule has 308 valence electrons. The second-order valence-corrected chi connectivity index (χ2v) is 21.2. The molecule has 0 aliphatic carbocycles. The number of aromatic nitrogens is 4. The predicted octanol–water partition coefficient (Wildman–Crippen LogP) is 9.53. The van der Waals surface area contributed by atoms with E-state index in [4.69, 9.17) is 28.3 Å². The van der Waals surface area contributed by atoms with Crippen molar-refractivity contribution in [3.8, 4) is 28.4 Å². The smallest absolute Gasteiger partial charge is 0.294 e. The van der Waals surface area contributed by atoms with E-state index in [2.05, 4.69) is 56.4 Å².